The average Bonchev–Trinajstić information content (AvgIpc) is 2.33. The molecule has 116 valence electrons. The first-order valence-electron chi connectivity index (χ1n) is 7.78. The average molecular weight is 313 g/mol. The smallest absolute Gasteiger partial charge is 0.427 e. The van der Waals surface area contributed by atoms with Crippen LogP contribution >= 0.6 is 11.6 Å². The van der Waals surface area contributed by atoms with Crippen molar-refractivity contribution >= 4 is 23.6 Å². The molecule has 1 aliphatic heterocycles. The second-order valence-corrected chi connectivity index (χ2v) is 8.72. The van der Waals surface area contributed by atoms with Gasteiger partial charge in [-0.25, -0.2) is 14.8 Å². The summed E-state index contributed by atoms with van der Waals surface area (Å²) in [4.78, 5) is 24.0. The molecule has 6 heteroatoms. The van der Waals surface area contributed by atoms with Gasteiger partial charge in [-0.1, -0.05) is 0 Å². The summed E-state index contributed by atoms with van der Waals surface area (Å²) in [5, 5.41) is 12.2. The van der Waals surface area contributed by atoms with E-state index in [1.165, 1.54) is 10.0 Å². The number of hydrogen-bond acceptors (Lipinski definition) is 2. The highest BCUT2D eigenvalue weighted by atomic mass is 35.5. The maximum atomic E-state index is 12.5. The number of alkyl halides is 1. The van der Waals surface area contributed by atoms with Gasteiger partial charge in [-0.15, -0.1) is 11.6 Å². The molecule has 0 radical (unpaired) electrons. The molecule has 5 nitrogen and oxygen atoms in total. The van der Waals surface area contributed by atoms with Crippen molar-refractivity contribution in [3.8, 4) is 0 Å². The summed E-state index contributed by atoms with van der Waals surface area (Å²) in [6.45, 7) is 3.36. The first-order valence-corrected chi connectivity index (χ1v) is 8.16. The third-order valence-electron chi connectivity index (χ3n) is 6.09. The van der Waals surface area contributed by atoms with Gasteiger partial charge in [0.25, 0.3) is 5.91 Å². The van der Waals surface area contributed by atoms with Crippen LogP contribution in [0.1, 0.15) is 46.0 Å². The van der Waals surface area contributed by atoms with Gasteiger partial charge in [0.05, 0.1) is 6.04 Å². The molecule has 5 atom stereocenters. The van der Waals surface area contributed by atoms with E-state index in [0.717, 1.165) is 32.1 Å². The Kier molecular flexibility index (Phi) is 2.51. The van der Waals surface area contributed by atoms with Crippen molar-refractivity contribution in [2.24, 2.45) is 17.8 Å². The van der Waals surface area contributed by atoms with Gasteiger partial charge >= 0.3 is 6.09 Å². The largest absolute Gasteiger partial charge is 0.464 e. The summed E-state index contributed by atoms with van der Waals surface area (Å²) in [6.07, 6.45) is 4.08. The molecular weight excluding hydrogens is 292 g/mol. The molecule has 4 bridgehead atoms. The molecule has 1 heterocycles. The molecule has 0 aromatic carbocycles. The predicted molar refractivity (Wildman–Crippen MR) is 76.7 cm³/mol. The van der Waals surface area contributed by atoms with Crippen molar-refractivity contribution in [2.45, 2.75) is 62.4 Å². The van der Waals surface area contributed by atoms with E-state index in [1.807, 2.05) is 0 Å². The maximum absolute atomic E-state index is 12.5. The van der Waals surface area contributed by atoms with E-state index >= 15 is 0 Å². The standard InChI is InChI=1S/C15H21ClN2O3/c1-14(2)12(19)17(18(14)13(20)21)11-9-3-8-4-10(11)7-15(16,5-8)6-9/h8-11H,3-7H2,1-2H3,(H,20,21)/t8?,9-,10+,11?,15?. The van der Waals surface area contributed by atoms with Crippen LogP contribution in [0.4, 0.5) is 4.79 Å². The van der Waals surface area contributed by atoms with Crippen LogP contribution in [0.25, 0.3) is 0 Å². The fraction of sp³-hybridized carbons (Fsp3) is 0.867. The van der Waals surface area contributed by atoms with Gasteiger partial charge in [0, 0.05) is 4.87 Å². The van der Waals surface area contributed by atoms with Crippen molar-refractivity contribution in [3.05, 3.63) is 0 Å². The van der Waals surface area contributed by atoms with Crippen molar-refractivity contribution < 1.29 is 14.7 Å². The Balaban J connectivity index is 1.66. The van der Waals surface area contributed by atoms with Gasteiger partial charge < -0.3 is 5.11 Å². The van der Waals surface area contributed by atoms with E-state index in [0.29, 0.717) is 17.8 Å². The maximum Gasteiger partial charge on any atom is 0.427 e. The highest BCUT2D eigenvalue weighted by molar-refractivity contribution is 6.24. The van der Waals surface area contributed by atoms with Crippen LogP contribution in [0.5, 0.6) is 0 Å². The fourth-order valence-corrected chi connectivity index (χ4v) is 6.20. The molecule has 0 aromatic heterocycles. The monoisotopic (exact) mass is 312 g/mol. The first-order chi connectivity index (χ1) is 9.73. The molecule has 1 saturated heterocycles. The fourth-order valence-electron chi connectivity index (χ4n) is 5.58. The molecule has 5 aliphatic rings. The lowest BCUT2D eigenvalue weighted by atomic mass is 9.53. The Labute approximate surface area is 129 Å². The molecule has 0 spiro atoms. The van der Waals surface area contributed by atoms with Crippen LogP contribution in [0, 0.1) is 17.8 Å². The zero-order chi connectivity index (χ0) is 15.2. The van der Waals surface area contributed by atoms with E-state index in [4.69, 9.17) is 11.6 Å². The van der Waals surface area contributed by atoms with Gasteiger partial charge in [0.2, 0.25) is 0 Å². The molecule has 2 amide bonds. The quantitative estimate of drug-likeness (QED) is 0.757. The van der Waals surface area contributed by atoms with E-state index in [2.05, 4.69) is 0 Å². The third-order valence-corrected chi connectivity index (χ3v) is 6.55. The Morgan fingerprint density at radius 2 is 1.81 bits per heavy atom. The number of carboxylic acid groups (broad SMARTS) is 1. The second-order valence-electron chi connectivity index (χ2n) is 7.91. The van der Waals surface area contributed by atoms with Crippen molar-refractivity contribution in [1.29, 1.82) is 0 Å². The third kappa shape index (κ3) is 1.64. The summed E-state index contributed by atoms with van der Waals surface area (Å²) >= 11 is 6.72. The van der Waals surface area contributed by atoms with Gasteiger partial charge in [-0.2, -0.15) is 0 Å². The summed E-state index contributed by atoms with van der Waals surface area (Å²) in [7, 11) is 0. The minimum atomic E-state index is -1.03. The van der Waals surface area contributed by atoms with E-state index in [1.54, 1.807) is 13.8 Å². The normalized spacial score (nSPS) is 46.7. The molecule has 4 aliphatic carbocycles. The molecule has 4 saturated carbocycles. The van der Waals surface area contributed by atoms with Crippen molar-refractivity contribution in [2.75, 3.05) is 0 Å². The van der Waals surface area contributed by atoms with E-state index in [9.17, 15) is 14.7 Å². The van der Waals surface area contributed by atoms with Crippen LogP contribution in [0.15, 0.2) is 0 Å². The number of rotatable bonds is 1. The molecule has 21 heavy (non-hydrogen) atoms. The van der Waals surface area contributed by atoms with Crippen LogP contribution in [0.2, 0.25) is 0 Å². The van der Waals surface area contributed by atoms with E-state index in [-0.39, 0.29) is 16.8 Å². The number of hydrogen-bond donors (Lipinski definition) is 1. The van der Waals surface area contributed by atoms with Crippen LogP contribution in [-0.4, -0.2) is 43.6 Å². The predicted octanol–water partition coefficient (Wildman–Crippen LogP) is 2.69. The van der Waals surface area contributed by atoms with E-state index < -0.39 is 11.6 Å². The lowest BCUT2D eigenvalue weighted by Gasteiger charge is -2.65. The number of halogens is 1. The lowest BCUT2D eigenvalue weighted by Crippen LogP contribution is -2.81. The van der Waals surface area contributed by atoms with Gasteiger partial charge in [-0.3, -0.25) is 4.79 Å². The Morgan fingerprint density at radius 3 is 2.29 bits per heavy atom. The molecule has 1 N–H and O–H groups in total. The van der Waals surface area contributed by atoms with Gasteiger partial charge in [0.1, 0.15) is 5.54 Å². The number of nitrogens with zero attached hydrogens (tertiary/aromatic N) is 2. The number of carbonyl (C=O) groups is 2. The molecule has 3 unspecified atom stereocenters. The molecule has 5 rings (SSSR count). The zero-order valence-electron chi connectivity index (χ0n) is 12.4. The molecule has 5 fully saturated rings. The topological polar surface area (TPSA) is 60.9 Å². The Morgan fingerprint density at radius 1 is 1.24 bits per heavy atom. The highest BCUT2D eigenvalue weighted by Crippen LogP contribution is 2.60. The summed E-state index contributed by atoms with van der Waals surface area (Å²) < 4.78 is 0. The summed E-state index contributed by atoms with van der Waals surface area (Å²) in [5.74, 6) is 1.32. The van der Waals surface area contributed by atoms with Crippen LogP contribution < -0.4 is 0 Å². The highest BCUT2D eigenvalue weighted by Gasteiger charge is 2.64. The first kappa shape index (κ1) is 13.7. The SMILES string of the molecule is CC1(C)C(=O)N(C2[C@@H]3CC4C[C@H]2CC(Cl)(C4)C3)N1C(=O)O. The lowest BCUT2D eigenvalue weighted by molar-refractivity contribution is -0.232. The zero-order valence-corrected chi connectivity index (χ0v) is 13.1. The minimum absolute atomic E-state index is 0.0325. The Hall–Kier alpha value is -0.970. The van der Waals surface area contributed by atoms with Gasteiger partial charge in [-0.05, 0) is 63.7 Å². The van der Waals surface area contributed by atoms with Crippen LogP contribution in [0.3, 0.4) is 0 Å². The van der Waals surface area contributed by atoms with Crippen LogP contribution in [-0.2, 0) is 4.79 Å². The number of carbonyl (C=O) groups excluding carboxylic acids is 1. The molecule has 0 aromatic rings. The van der Waals surface area contributed by atoms with Crippen molar-refractivity contribution in [1.82, 2.24) is 10.0 Å². The Bertz CT molecular complexity index is 519. The summed E-state index contributed by atoms with van der Waals surface area (Å²) in [5.41, 5.74) is -0.931. The second kappa shape index (κ2) is 3.86. The number of hydrazine groups is 1. The molecular formula is C15H21ClN2O3. The minimum Gasteiger partial charge on any atom is -0.464 e. The van der Waals surface area contributed by atoms with Gasteiger partial charge in [0.15, 0.2) is 0 Å². The number of amides is 2. The van der Waals surface area contributed by atoms with Crippen molar-refractivity contribution in [3.63, 3.8) is 0 Å². The summed E-state index contributed by atoms with van der Waals surface area (Å²) in [6, 6.07) is 0.0325.